The summed E-state index contributed by atoms with van der Waals surface area (Å²) in [5, 5.41) is 0.583. The van der Waals surface area contributed by atoms with Crippen molar-refractivity contribution in [2.75, 3.05) is 0 Å². The van der Waals surface area contributed by atoms with Crippen molar-refractivity contribution in [3.63, 3.8) is 0 Å². The molecule has 0 saturated heterocycles. The maximum Gasteiger partial charge on any atom is 0.204 e. The van der Waals surface area contributed by atoms with Gasteiger partial charge in [-0.1, -0.05) is 11.6 Å². The smallest absolute Gasteiger partial charge is 0.204 e. The van der Waals surface area contributed by atoms with Crippen molar-refractivity contribution >= 4 is 67.2 Å². The first-order valence-electron chi connectivity index (χ1n) is 4.33. The van der Waals surface area contributed by atoms with Crippen LogP contribution in [0.4, 0.5) is 0 Å². The van der Waals surface area contributed by atoms with Crippen molar-refractivity contribution in [2.24, 2.45) is 0 Å². The van der Waals surface area contributed by atoms with E-state index in [0.29, 0.717) is 15.5 Å². The molecule has 0 aliphatic rings. The second-order valence-electron chi connectivity index (χ2n) is 3.06. The zero-order valence-electron chi connectivity index (χ0n) is 7.84. The van der Waals surface area contributed by atoms with Gasteiger partial charge in [0, 0.05) is 14.2 Å². The standard InChI is InChI=1S/C11H5BrClIOS/c12-10-4-3-9(16-10)11(15)7-5-6(13)1-2-8(7)14/h1-5H. The summed E-state index contributed by atoms with van der Waals surface area (Å²) in [4.78, 5) is 12.9. The Hall–Kier alpha value is 0.0900. The van der Waals surface area contributed by atoms with Gasteiger partial charge in [-0.15, -0.1) is 11.3 Å². The fraction of sp³-hybridized carbons (Fsp3) is 0. The van der Waals surface area contributed by atoms with E-state index in [4.69, 9.17) is 11.6 Å². The molecule has 0 amide bonds. The molecule has 1 heterocycles. The topological polar surface area (TPSA) is 17.1 Å². The lowest BCUT2D eigenvalue weighted by Gasteiger charge is -2.02. The van der Waals surface area contributed by atoms with Crippen LogP contribution < -0.4 is 0 Å². The predicted octanol–water partition coefficient (Wildman–Crippen LogP) is 5.00. The zero-order valence-corrected chi connectivity index (χ0v) is 13.2. The molecular weight excluding hydrogens is 422 g/mol. The highest BCUT2D eigenvalue weighted by atomic mass is 127. The molecule has 82 valence electrons. The van der Waals surface area contributed by atoms with Crippen LogP contribution >= 0.6 is 61.5 Å². The Labute approximate surface area is 124 Å². The molecule has 1 aromatic heterocycles. The van der Waals surface area contributed by atoms with Crippen LogP contribution in [0.5, 0.6) is 0 Å². The lowest BCUT2D eigenvalue weighted by Crippen LogP contribution is -2.01. The third-order valence-corrected chi connectivity index (χ3v) is 4.77. The summed E-state index contributed by atoms with van der Waals surface area (Å²) in [5.74, 6) is 0.0163. The van der Waals surface area contributed by atoms with Crippen LogP contribution in [0, 0.1) is 3.57 Å². The highest BCUT2D eigenvalue weighted by molar-refractivity contribution is 14.1. The fourth-order valence-electron chi connectivity index (χ4n) is 1.24. The number of benzene rings is 1. The van der Waals surface area contributed by atoms with Crippen LogP contribution in [0.1, 0.15) is 15.2 Å². The minimum Gasteiger partial charge on any atom is -0.288 e. The number of hydrogen-bond acceptors (Lipinski definition) is 2. The van der Waals surface area contributed by atoms with Crippen LogP contribution in [0.3, 0.4) is 0 Å². The Balaban J connectivity index is 2.45. The van der Waals surface area contributed by atoms with Gasteiger partial charge in [-0.3, -0.25) is 4.79 Å². The van der Waals surface area contributed by atoms with Crippen LogP contribution in [0.15, 0.2) is 34.1 Å². The van der Waals surface area contributed by atoms with Crippen molar-refractivity contribution < 1.29 is 4.79 Å². The number of carbonyl (C=O) groups excluding carboxylic acids is 1. The summed E-state index contributed by atoms with van der Waals surface area (Å²) >= 11 is 12.8. The Bertz CT molecular complexity index is 553. The molecule has 1 aromatic carbocycles. The van der Waals surface area contributed by atoms with Crippen LogP contribution in [-0.2, 0) is 0 Å². The van der Waals surface area contributed by atoms with Gasteiger partial charge in [0.2, 0.25) is 5.78 Å². The summed E-state index contributed by atoms with van der Waals surface area (Å²) in [5.41, 5.74) is 0.655. The molecule has 0 aliphatic heterocycles. The highest BCUT2D eigenvalue weighted by Gasteiger charge is 2.14. The molecule has 16 heavy (non-hydrogen) atoms. The summed E-state index contributed by atoms with van der Waals surface area (Å²) in [6, 6.07) is 9.02. The zero-order chi connectivity index (χ0) is 11.7. The largest absolute Gasteiger partial charge is 0.288 e. The van der Waals surface area contributed by atoms with Crippen LogP contribution in [0.25, 0.3) is 0 Å². The molecule has 2 rings (SSSR count). The third kappa shape index (κ3) is 2.67. The van der Waals surface area contributed by atoms with Gasteiger partial charge in [0.25, 0.3) is 0 Å². The summed E-state index contributed by atoms with van der Waals surface area (Å²) in [6.45, 7) is 0. The lowest BCUT2D eigenvalue weighted by molar-refractivity contribution is 0.104. The van der Waals surface area contributed by atoms with Gasteiger partial charge in [0.15, 0.2) is 0 Å². The van der Waals surface area contributed by atoms with Gasteiger partial charge in [-0.05, 0) is 68.9 Å². The van der Waals surface area contributed by atoms with Gasteiger partial charge in [-0.2, -0.15) is 0 Å². The second kappa shape index (κ2) is 5.16. The molecule has 0 atom stereocenters. The Morgan fingerprint density at radius 2 is 2.06 bits per heavy atom. The predicted molar refractivity (Wildman–Crippen MR) is 79.6 cm³/mol. The first-order valence-corrected chi connectivity index (χ1v) is 7.39. The molecule has 1 nitrogen and oxygen atoms in total. The van der Waals surface area contributed by atoms with E-state index in [1.165, 1.54) is 11.3 Å². The molecule has 0 bridgehead atoms. The Kier molecular flexibility index (Phi) is 4.05. The Morgan fingerprint density at radius 3 is 2.69 bits per heavy atom. The average molecular weight is 427 g/mol. The van der Waals surface area contributed by atoms with Gasteiger partial charge in [-0.25, -0.2) is 0 Å². The van der Waals surface area contributed by atoms with E-state index in [2.05, 4.69) is 38.5 Å². The van der Waals surface area contributed by atoms with E-state index in [0.717, 1.165) is 7.36 Å². The first kappa shape index (κ1) is 12.5. The third-order valence-electron chi connectivity index (χ3n) is 1.97. The second-order valence-corrected chi connectivity index (χ2v) is 7.12. The number of thiophene rings is 1. The summed E-state index contributed by atoms with van der Waals surface area (Å²) in [6.07, 6.45) is 0. The molecule has 0 unspecified atom stereocenters. The van der Waals surface area contributed by atoms with Gasteiger partial charge < -0.3 is 0 Å². The molecule has 0 radical (unpaired) electrons. The first-order chi connectivity index (χ1) is 7.58. The quantitative estimate of drug-likeness (QED) is 0.487. The molecule has 2 aromatic rings. The number of halogens is 3. The van der Waals surface area contributed by atoms with Crippen molar-refractivity contribution in [3.05, 3.63) is 53.2 Å². The van der Waals surface area contributed by atoms with Crippen molar-refractivity contribution in [3.8, 4) is 0 Å². The van der Waals surface area contributed by atoms with Crippen LogP contribution in [0.2, 0.25) is 5.02 Å². The SMILES string of the molecule is O=C(c1ccc(Br)s1)c1cc(Cl)ccc1I. The van der Waals surface area contributed by atoms with E-state index in [-0.39, 0.29) is 5.78 Å². The van der Waals surface area contributed by atoms with E-state index < -0.39 is 0 Å². The molecule has 5 heteroatoms. The summed E-state index contributed by atoms with van der Waals surface area (Å²) in [7, 11) is 0. The van der Waals surface area contributed by atoms with Crippen LogP contribution in [-0.4, -0.2) is 5.78 Å². The van der Waals surface area contributed by atoms with Gasteiger partial charge >= 0.3 is 0 Å². The number of rotatable bonds is 2. The normalized spacial score (nSPS) is 10.4. The maximum atomic E-state index is 12.2. The number of hydrogen-bond donors (Lipinski definition) is 0. The minimum absolute atomic E-state index is 0.0163. The number of carbonyl (C=O) groups is 1. The summed E-state index contributed by atoms with van der Waals surface area (Å²) < 4.78 is 1.87. The van der Waals surface area contributed by atoms with Gasteiger partial charge in [0.05, 0.1) is 8.66 Å². The van der Waals surface area contributed by atoms with Crippen molar-refractivity contribution in [1.29, 1.82) is 0 Å². The average Bonchev–Trinajstić information content (AvgIpc) is 2.67. The van der Waals surface area contributed by atoms with E-state index in [1.54, 1.807) is 12.1 Å². The fourth-order valence-corrected chi connectivity index (χ4v) is 3.33. The van der Waals surface area contributed by atoms with Gasteiger partial charge in [0.1, 0.15) is 0 Å². The number of ketones is 1. The maximum absolute atomic E-state index is 12.2. The lowest BCUT2D eigenvalue weighted by atomic mass is 10.1. The van der Waals surface area contributed by atoms with E-state index in [9.17, 15) is 4.79 Å². The highest BCUT2D eigenvalue weighted by Crippen LogP contribution is 2.27. The Morgan fingerprint density at radius 1 is 1.31 bits per heavy atom. The van der Waals surface area contributed by atoms with Crippen molar-refractivity contribution in [1.82, 2.24) is 0 Å². The molecule has 0 spiro atoms. The van der Waals surface area contributed by atoms with Crippen molar-refractivity contribution in [2.45, 2.75) is 0 Å². The monoisotopic (exact) mass is 426 g/mol. The molecule has 0 N–H and O–H groups in total. The van der Waals surface area contributed by atoms with E-state index >= 15 is 0 Å². The molecule has 0 fully saturated rings. The molecule has 0 saturated carbocycles. The molecular formula is C11H5BrClIOS. The minimum atomic E-state index is 0.0163. The van der Waals surface area contributed by atoms with E-state index in [1.807, 2.05) is 18.2 Å². The molecule has 0 aliphatic carbocycles.